The van der Waals surface area contributed by atoms with Crippen molar-refractivity contribution in [1.82, 2.24) is 30.0 Å². The van der Waals surface area contributed by atoms with Crippen molar-refractivity contribution in [3.8, 4) is 17.1 Å². The Hall–Kier alpha value is -3.36. The van der Waals surface area contributed by atoms with Gasteiger partial charge in [-0.25, -0.2) is 19.0 Å². The van der Waals surface area contributed by atoms with Gasteiger partial charge < -0.3 is 11.1 Å². The topological polar surface area (TPSA) is 112 Å². The summed E-state index contributed by atoms with van der Waals surface area (Å²) in [6.45, 7) is 2.49. The molecule has 0 saturated carbocycles. The van der Waals surface area contributed by atoms with Gasteiger partial charge in [-0.1, -0.05) is 0 Å². The van der Waals surface area contributed by atoms with Crippen LogP contribution in [0, 0.1) is 0 Å². The first-order chi connectivity index (χ1) is 12.4. The molecule has 8 nitrogen and oxygen atoms in total. The van der Waals surface area contributed by atoms with Crippen molar-refractivity contribution in [1.29, 1.82) is 0 Å². The molecule has 0 aromatic carbocycles. The van der Waals surface area contributed by atoms with Gasteiger partial charge in [0.15, 0.2) is 5.69 Å². The van der Waals surface area contributed by atoms with E-state index in [1.54, 1.807) is 44.4 Å². The first-order valence-electron chi connectivity index (χ1n) is 7.86. The molecule has 3 heterocycles. The number of halogens is 1. The second kappa shape index (κ2) is 6.87. The third-order valence-electron chi connectivity index (χ3n) is 3.55. The smallest absolute Gasteiger partial charge is 0.272 e. The van der Waals surface area contributed by atoms with Crippen LogP contribution in [-0.2, 0) is 0 Å². The van der Waals surface area contributed by atoms with E-state index >= 15 is 0 Å². The maximum Gasteiger partial charge on any atom is 0.272 e. The van der Waals surface area contributed by atoms with Crippen LogP contribution in [0.2, 0.25) is 0 Å². The van der Waals surface area contributed by atoms with E-state index in [9.17, 15) is 9.18 Å². The van der Waals surface area contributed by atoms with Gasteiger partial charge in [0, 0.05) is 6.20 Å². The van der Waals surface area contributed by atoms with Gasteiger partial charge in [-0.2, -0.15) is 5.10 Å². The number of nitrogen functional groups attached to an aromatic ring is 1. The number of pyridine rings is 1. The molecule has 0 radical (unpaired) electrons. The summed E-state index contributed by atoms with van der Waals surface area (Å²) in [5.74, 6) is -0.205. The Morgan fingerprint density at radius 2 is 2.12 bits per heavy atom. The van der Waals surface area contributed by atoms with E-state index in [2.05, 4.69) is 25.4 Å². The van der Waals surface area contributed by atoms with Crippen LogP contribution >= 0.6 is 0 Å². The molecule has 1 amide bonds. The molecule has 0 saturated heterocycles. The SMILES string of the molecule is CC(C)(CF)NC(=O)c1cc(-c2cnc(N)cn2)n(-c2cccnc2)n1. The van der Waals surface area contributed by atoms with Gasteiger partial charge >= 0.3 is 0 Å². The van der Waals surface area contributed by atoms with Crippen molar-refractivity contribution in [2.45, 2.75) is 19.4 Å². The van der Waals surface area contributed by atoms with Crippen LogP contribution < -0.4 is 11.1 Å². The third kappa shape index (κ3) is 3.66. The van der Waals surface area contributed by atoms with Crippen LogP contribution in [0.25, 0.3) is 17.1 Å². The number of hydrogen-bond acceptors (Lipinski definition) is 6. The average Bonchev–Trinajstić information content (AvgIpc) is 3.08. The number of carbonyl (C=O) groups excluding carboxylic acids is 1. The van der Waals surface area contributed by atoms with E-state index in [1.165, 1.54) is 17.1 Å². The number of hydrogen-bond donors (Lipinski definition) is 2. The summed E-state index contributed by atoms with van der Waals surface area (Å²) in [5.41, 5.74) is 6.39. The normalized spacial score (nSPS) is 11.3. The van der Waals surface area contributed by atoms with Crippen molar-refractivity contribution >= 4 is 11.7 Å². The minimum atomic E-state index is -0.990. The second-order valence-electron chi connectivity index (χ2n) is 6.34. The summed E-state index contributed by atoms with van der Waals surface area (Å²) >= 11 is 0. The monoisotopic (exact) mass is 355 g/mol. The molecule has 3 N–H and O–H groups in total. The van der Waals surface area contributed by atoms with Crippen molar-refractivity contribution in [3.63, 3.8) is 0 Å². The Morgan fingerprint density at radius 3 is 2.73 bits per heavy atom. The number of amides is 1. The highest BCUT2D eigenvalue weighted by Crippen LogP contribution is 2.22. The molecular weight excluding hydrogens is 337 g/mol. The van der Waals surface area contributed by atoms with Crippen molar-refractivity contribution in [3.05, 3.63) is 48.7 Å². The zero-order valence-corrected chi connectivity index (χ0v) is 14.3. The lowest BCUT2D eigenvalue weighted by Crippen LogP contribution is -2.45. The molecule has 0 spiro atoms. The van der Waals surface area contributed by atoms with Crippen molar-refractivity contribution < 1.29 is 9.18 Å². The summed E-state index contributed by atoms with van der Waals surface area (Å²) in [6.07, 6.45) is 6.15. The molecule has 3 aromatic rings. The highest BCUT2D eigenvalue weighted by molar-refractivity contribution is 5.94. The van der Waals surface area contributed by atoms with Crippen molar-refractivity contribution in [2.75, 3.05) is 12.4 Å². The van der Waals surface area contributed by atoms with Crippen LogP contribution in [0.5, 0.6) is 0 Å². The van der Waals surface area contributed by atoms with E-state index in [0.29, 0.717) is 17.1 Å². The van der Waals surface area contributed by atoms with Crippen LogP contribution in [0.3, 0.4) is 0 Å². The zero-order valence-electron chi connectivity index (χ0n) is 14.3. The van der Waals surface area contributed by atoms with Crippen LogP contribution in [0.1, 0.15) is 24.3 Å². The molecule has 0 unspecified atom stereocenters. The molecule has 3 aromatic heterocycles. The van der Waals surface area contributed by atoms with E-state index in [-0.39, 0.29) is 11.5 Å². The molecule has 9 heteroatoms. The van der Waals surface area contributed by atoms with Gasteiger partial charge in [-0.3, -0.25) is 9.78 Å². The molecule has 0 atom stereocenters. The average molecular weight is 355 g/mol. The first-order valence-corrected chi connectivity index (χ1v) is 7.86. The van der Waals surface area contributed by atoms with Crippen molar-refractivity contribution in [2.24, 2.45) is 0 Å². The molecule has 0 aliphatic rings. The van der Waals surface area contributed by atoms with E-state index in [4.69, 9.17) is 5.73 Å². The second-order valence-corrected chi connectivity index (χ2v) is 6.34. The number of rotatable bonds is 5. The predicted octanol–water partition coefficient (Wildman–Crippen LogP) is 1.78. The fraction of sp³-hybridized carbons (Fsp3) is 0.235. The van der Waals surface area contributed by atoms with Crippen LogP contribution in [0.15, 0.2) is 43.0 Å². The first kappa shape index (κ1) is 17.5. The van der Waals surface area contributed by atoms with Gasteiger partial charge in [0.1, 0.15) is 18.2 Å². The Balaban J connectivity index is 2.06. The summed E-state index contributed by atoms with van der Waals surface area (Å²) in [4.78, 5) is 24.8. The highest BCUT2D eigenvalue weighted by Gasteiger charge is 2.24. The fourth-order valence-electron chi connectivity index (χ4n) is 2.23. The van der Waals surface area contributed by atoms with E-state index < -0.39 is 18.1 Å². The largest absolute Gasteiger partial charge is 0.382 e. The number of nitrogens with two attached hydrogens (primary N) is 1. The standard InChI is InChI=1S/C17H18FN7O/c1-17(2,10-18)23-16(26)12-6-14(13-8-22-15(19)9-21-13)25(24-12)11-4-3-5-20-7-11/h3-9H,10H2,1-2H3,(H2,19,22)(H,23,26). The van der Waals surface area contributed by atoms with E-state index in [1.807, 2.05) is 0 Å². The fourth-order valence-corrected chi connectivity index (χ4v) is 2.23. The van der Waals surface area contributed by atoms with Gasteiger partial charge in [-0.15, -0.1) is 0 Å². The van der Waals surface area contributed by atoms with Crippen LogP contribution in [0.4, 0.5) is 10.2 Å². The van der Waals surface area contributed by atoms with Gasteiger partial charge in [-0.05, 0) is 32.0 Å². The molecule has 0 bridgehead atoms. The quantitative estimate of drug-likeness (QED) is 0.722. The highest BCUT2D eigenvalue weighted by atomic mass is 19.1. The maximum atomic E-state index is 13.0. The molecule has 26 heavy (non-hydrogen) atoms. The summed E-state index contributed by atoms with van der Waals surface area (Å²) in [5, 5.41) is 6.95. The summed E-state index contributed by atoms with van der Waals surface area (Å²) < 4.78 is 14.6. The molecule has 0 aliphatic heterocycles. The summed E-state index contributed by atoms with van der Waals surface area (Å²) in [7, 11) is 0. The van der Waals surface area contributed by atoms with E-state index in [0.717, 1.165) is 0 Å². The lowest BCUT2D eigenvalue weighted by Gasteiger charge is -2.21. The number of nitrogens with zero attached hydrogens (tertiary/aromatic N) is 5. The molecular formula is C17H18FN7O. The number of aromatic nitrogens is 5. The number of alkyl halides is 1. The van der Waals surface area contributed by atoms with Gasteiger partial charge in [0.05, 0.1) is 35.5 Å². The Labute approximate surface area is 149 Å². The molecule has 0 fully saturated rings. The number of nitrogens with one attached hydrogen (secondary N) is 1. The minimum Gasteiger partial charge on any atom is -0.382 e. The Bertz CT molecular complexity index is 907. The predicted molar refractivity (Wildman–Crippen MR) is 94.3 cm³/mol. The maximum absolute atomic E-state index is 13.0. The molecule has 3 rings (SSSR count). The summed E-state index contributed by atoms with van der Waals surface area (Å²) in [6, 6.07) is 5.11. The lowest BCUT2D eigenvalue weighted by atomic mass is 10.1. The Morgan fingerprint density at radius 1 is 1.31 bits per heavy atom. The molecule has 134 valence electrons. The van der Waals surface area contributed by atoms with Gasteiger partial charge in [0.25, 0.3) is 5.91 Å². The van der Waals surface area contributed by atoms with Gasteiger partial charge in [0.2, 0.25) is 0 Å². The minimum absolute atomic E-state index is 0.129. The zero-order chi connectivity index (χ0) is 18.7. The lowest BCUT2D eigenvalue weighted by molar-refractivity contribution is 0.0894. The number of carbonyl (C=O) groups is 1. The number of anilines is 1. The van der Waals surface area contributed by atoms with Crippen LogP contribution in [-0.4, -0.2) is 42.9 Å². The Kier molecular flexibility index (Phi) is 4.61. The third-order valence-corrected chi connectivity index (χ3v) is 3.55. The molecule has 0 aliphatic carbocycles.